The molecule has 3 rings (SSSR count). The molecule has 0 amide bonds. The molecular formula is C24H28N4O4. The summed E-state index contributed by atoms with van der Waals surface area (Å²) in [5, 5.41) is 28.4. The van der Waals surface area contributed by atoms with E-state index in [-0.39, 0.29) is 12.2 Å². The van der Waals surface area contributed by atoms with Gasteiger partial charge in [-0.15, -0.1) is 0 Å². The predicted molar refractivity (Wildman–Crippen MR) is 118 cm³/mol. The number of ketones is 1. The highest BCUT2D eigenvalue weighted by Crippen LogP contribution is 2.23. The third-order valence-corrected chi connectivity index (χ3v) is 5.30. The van der Waals surface area contributed by atoms with Crippen molar-refractivity contribution in [2.75, 3.05) is 19.8 Å². The molecular weight excluding hydrogens is 408 g/mol. The maximum Gasteiger partial charge on any atom is 0.165 e. The van der Waals surface area contributed by atoms with Gasteiger partial charge in [-0.2, -0.15) is 0 Å². The van der Waals surface area contributed by atoms with Gasteiger partial charge in [-0.25, -0.2) is 0 Å². The first-order chi connectivity index (χ1) is 15.6. The molecule has 3 heterocycles. The molecule has 0 fully saturated rings. The zero-order valence-electron chi connectivity index (χ0n) is 17.8. The highest BCUT2D eigenvalue weighted by molar-refractivity contribution is 5.96. The Morgan fingerprint density at radius 3 is 1.69 bits per heavy atom. The predicted octanol–water partition coefficient (Wildman–Crippen LogP) is 1.61. The highest BCUT2D eigenvalue weighted by Gasteiger charge is 2.31. The Morgan fingerprint density at radius 2 is 1.28 bits per heavy atom. The van der Waals surface area contributed by atoms with Crippen LogP contribution in [0.5, 0.6) is 0 Å². The molecule has 0 radical (unpaired) electrons. The van der Waals surface area contributed by atoms with Crippen molar-refractivity contribution in [2.24, 2.45) is 5.41 Å². The normalized spacial score (nSPS) is 11.6. The number of carbonyl (C=O) groups excluding carboxylic acids is 1. The van der Waals surface area contributed by atoms with Crippen LogP contribution in [0, 0.1) is 5.41 Å². The van der Waals surface area contributed by atoms with E-state index in [9.17, 15) is 20.1 Å². The Balaban J connectivity index is 1.71. The van der Waals surface area contributed by atoms with E-state index in [4.69, 9.17) is 0 Å². The molecule has 0 spiro atoms. The topological polar surface area (TPSA) is 120 Å². The van der Waals surface area contributed by atoms with Crippen molar-refractivity contribution in [1.29, 1.82) is 0 Å². The molecule has 0 aliphatic heterocycles. The molecule has 3 aromatic heterocycles. The molecule has 3 aromatic rings. The zero-order chi connectivity index (χ0) is 22.8. The van der Waals surface area contributed by atoms with E-state index in [1.807, 2.05) is 36.4 Å². The summed E-state index contributed by atoms with van der Waals surface area (Å²) in [4.78, 5) is 28.0. The van der Waals surface area contributed by atoms with Gasteiger partial charge in [0.2, 0.25) is 0 Å². The van der Waals surface area contributed by atoms with Crippen LogP contribution in [-0.2, 0) is 19.6 Å². The fourth-order valence-corrected chi connectivity index (χ4v) is 3.28. The second kappa shape index (κ2) is 11.5. The fourth-order valence-electron chi connectivity index (χ4n) is 3.28. The standard InChI is InChI=1S/C24H28N4O4/c29-16-24(17-30,18-31)11-23(32)19-7-8-22(27-12-19)15-28(13-20-5-1-3-9-25-20)14-21-6-2-4-10-26-21/h1-10,12,29-31H,11,13-18H2. The Labute approximate surface area is 187 Å². The van der Waals surface area contributed by atoms with Crippen LogP contribution in [0.4, 0.5) is 0 Å². The van der Waals surface area contributed by atoms with Crippen LogP contribution in [0.2, 0.25) is 0 Å². The number of rotatable bonds is 12. The van der Waals surface area contributed by atoms with Crippen LogP contribution < -0.4 is 0 Å². The largest absolute Gasteiger partial charge is 0.396 e. The molecule has 0 unspecified atom stereocenters. The molecule has 168 valence electrons. The minimum atomic E-state index is -1.24. The summed E-state index contributed by atoms with van der Waals surface area (Å²) in [5.74, 6) is -0.292. The van der Waals surface area contributed by atoms with Gasteiger partial charge in [0.05, 0.1) is 36.9 Å². The van der Waals surface area contributed by atoms with Crippen molar-refractivity contribution in [3.05, 3.63) is 89.8 Å². The van der Waals surface area contributed by atoms with Crippen molar-refractivity contribution >= 4 is 5.78 Å². The van der Waals surface area contributed by atoms with E-state index in [1.54, 1.807) is 24.5 Å². The van der Waals surface area contributed by atoms with Gasteiger partial charge >= 0.3 is 0 Å². The summed E-state index contributed by atoms with van der Waals surface area (Å²) in [5.41, 5.74) is 1.78. The lowest BCUT2D eigenvalue weighted by Gasteiger charge is -2.26. The first-order valence-corrected chi connectivity index (χ1v) is 10.4. The summed E-state index contributed by atoms with van der Waals surface area (Å²) >= 11 is 0. The highest BCUT2D eigenvalue weighted by atomic mass is 16.3. The summed E-state index contributed by atoms with van der Waals surface area (Å²) in [6.07, 6.45) is 4.85. The average Bonchev–Trinajstić information content (AvgIpc) is 2.84. The molecule has 8 nitrogen and oxygen atoms in total. The van der Waals surface area contributed by atoms with Crippen LogP contribution in [0.1, 0.15) is 33.9 Å². The van der Waals surface area contributed by atoms with E-state index in [0.717, 1.165) is 17.1 Å². The summed E-state index contributed by atoms with van der Waals surface area (Å²) in [7, 11) is 0. The van der Waals surface area contributed by atoms with Crippen LogP contribution in [0.15, 0.2) is 67.1 Å². The van der Waals surface area contributed by atoms with Crippen molar-refractivity contribution in [3.63, 3.8) is 0 Å². The molecule has 0 aliphatic carbocycles. The van der Waals surface area contributed by atoms with Gasteiger partial charge < -0.3 is 15.3 Å². The Bertz CT molecular complexity index is 915. The number of hydrogen-bond acceptors (Lipinski definition) is 8. The third kappa shape index (κ3) is 6.48. The molecule has 32 heavy (non-hydrogen) atoms. The number of Topliss-reactive ketones (excluding diaryl/α,β-unsaturated/α-hetero) is 1. The first-order valence-electron chi connectivity index (χ1n) is 10.4. The molecule has 0 saturated heterocycles. The first kappa shape index (κ1) is 23.6. The molecule has 0 aliphatic rings. The maximum absolute atomic E-state index is 12.6. The lowest BCUT2D eigenvalue weighted by atomic mass is 9.84. The average molecular weight is 437 g/mol. The minimum Gasteiger partial charge on any atom is -0.396 e. The summed E-state index contributed by atoms with van der Waals surface area (Å²) in [6, 6.07) is 15.1. The summed E-state index contributed by atoms with van der Waals surface area (Å²) < 4.78 is 0. The number of aliphatic hydroxyl groups is 3. The Hall–Kier alpha value is -3.04. The second-order valence-electron chi connectivity index (χ2n) is 7.90. The Kier molecular flexibility index (Phi) is 8.52. The van der Waals surface area contributed by atoms with Crippen LogP contribution in [0.25, 0.3) is 0 Å². The van der Waals surface area contributed by atoms with Crippen LogP contribution >= 0.6 is 0 Å². The number of carbonyl (C=O) groups is 1. The monoisotopic (exact) mass is 436 g/mol. The van der Waals surface area contributed by atoms with Gasteiger partial charge in [0.25, 0.3) is 0 Å². The molecule has 0 atom stereocenters. The molecule has 0 aromatic carbocycles. The van der Waals surface area contributed by atoms with Gasteiger partial charge in [-0.1, -0.05) is 12.1 Å². The van der Waals surface area contributed by atoms with Crippen molar-refractivity contribution in [1.82, 2.24) is 19.9 Å². The Morgan fingerprint density at radius 1 is 0.750 bits per heavy atom. The molecule has 8 heteroatoms. The summed E-state index contributed by atoms with van der Waals surface area (Å²) in [6.45, 7) is 0.334. The van der Waals surface area contributed by atoms with Crippen molar-refractivity contribution in [3.8, 4) is 0 Å². The lowest BCUT2D eigenvalue weighted by Crippen LogP contribution is -2.36. The van der Waals surface area contributed by atoms with E-state index in [2.05, 4.69) is 19.9 Å². The van der Waals surface area contributed by atoms with E-state index >= 15 is 0 Å². The molecule has 0 saturated carbocycles. The number of pyridine rings is 3. The van der Waals surface area contributed by atoms with Crippen LogP contribution in [-0.4, -0.2) is 60.8 Å². The SMILES string of the molecule is O=C(CC(CO)(CO)CO)c1ccc(CN(Cc2ccccn2)Cc2ccccn2)nc1. The van der Waals surface area contributed by atoms with Crippen molar-refractivity contribution in [2.45, 2.75) is 26.1 Å². The fraction of sp³-hybridized carbons (Fsp3) is 0.333. The molecule has 3 N–H and O–H groups in total. The smallest absolute Gasteiger partial charge is 0.165 e. The quantitative estimate of drug-likeness (QED) is 0.366. The van der Waals surface area contributed by atoms with Gasteiger partial charge in [-0.05, 0) is 36.4 Å². The number of nitrogens with zero attached hydrogens (tertiary/aromatic N) is 4. The van der Waals surface area contributed by atoms with Gasteiger partial charge in [0, 0.05) is 55.6 Å². The van der Waals surface area contributed by atoms with Gasteiger partial charge in [0.1, 0.15) is 0 Å². The zero-order valence-corrected chi connectivity index (χ0v) is 17.8. The van der Waals surface area contributed by atoms with E-state index in [0.29, 0.717) is 25.2 Å². The lowest BCUT2D eigenvalue weighted by molar-refractivity contribution is 0.00192. The number of aliphatic hydroxyl groups excluding tert-OH is 3. The number of hydrogen-bond donors (Lipinski definition) is 3. The third-order valence-electron chi connectivity index (χ3n) is 5.30. The van der Waals surface area contributed by atoms with Gasteiger partial charge in [0.15, 0.2) is 5.78 Å². The maximum atomic E-state index is 12.6. The van der Waals surface area contributed by atoms with Crippen molar-refractivity contribution < 1.29 is 20.1 Å². The van der Waals surface area contributed by atoms with Gasteiger partial charge in [-0.3, -0.25) is 24.6 Å². The number of aromatic nitrogens is 3. The van der Waals surface area contributed by atoms with E-state index < -0.39 is 25.2 Å². The molecule has 0 bridgehead atoms. The minimum absolute atomic E-state index is 0.164. The van der Waals surface area contributed by atoms with Crippen LogP contribution in [0.3, 0.4) is 0 Å². The van der Waals surface area contributed by atoms with E-state index in [1.165, 1.54) is 6.20 Å². The second-order valence-corrected chi connectivity index (χ2v) is 7.90.